The molecule has 0 saturated heterocycles. The Bertz CT molecular complexity index is 448. The summed E-state index contributed by atoms with van der Waals surface area (Å²) in [4.78, 5) is 11.3. The zero-order chi connectivity index (χ0) is 10.7. The standard InChI is InChI=1S/C7H8N6O2/c1-4-2-5(11-15-4)3-8-7(14)6-9-12-13-10-6/h2H,3H2,1H3,(H,8,14)(H,9,10,12,13). The molecule has 2 N–H and O–H groups in total. The van der Waals surface area contributed by atoms with Gasteiger partial charge in [0.1, 0.15) is 11.5 Å². The SMILES string of the molecule is Cc1cc(CNC(=O)c2nn[nH]n2)no1. The zero-order valence-corrected chi connectivity index (χ0v) is 7.89. The van der Waals surface area contributed by atoms with Gasteiger partial charge in [-0.2, -0.15) is 5.21 Å². The molecule has 2 rings (SSSR count). The van der Waals surface area contributed by atoms with Gasteiger partial charge in [-0.25, -0.2) is 0 Å². The Hall–Kier alpha value is -2.25. The number of rotatable bonds is 3. The average Bonchev–Trinajstić information content (AvgIpc) is 2.84. The van der Waals surface area contributed by atoms with Crippen molar-refractivity contribution in [3.05, 3.63) is 23.3 Å². The van der Waals surface area contributed by atoms with E-state index >= 15 is 0 Å². The summed E-state index contributed by atoms with van der Waals surface area (Å²) < 4.78 is 4.84. The first kappa shape index (κ1) is 9.31. The van der Waals surface area contributed by atoms with E-state index in [1.54, 1.807) is 13.0 Å². The Kier molecular flexibility index (Phi) is 2.40. The molecule has 0 unspecified atom stereocenters. The minimum atomic E-state index is -0.413. The first-order valence-corrected chi connectivity index (χ1v) is 4.19. The number of tetrazole rings is 1. The van der Waals surface area contributed by atoms with E-state index in [0.29, 0.717) is 11.5 Å². The number of amides is 1. The molecular weight excluding hydrogens is 200 g/mol. The van der Waals surface area contributed by atoms with Crippen LogP contribution in [0.15, 0.2) is 10.6 Å². The fraction of sp³-hybridized carbons (Fsp3) is 0.286. The average molecular weight is 208 g/mol. The maximum atomic E-state index is 11.3. The van der Waals surface area contributed by atoms with E-state index in [4.69, 9.17) is 4.52 Å². The molecule has 8 nitrogen and oxygen atoms in total. The Balaban J connectivity index is 1.91. The number of aryl methyl sites for hydroxylation is 1. The largest absolute Gasteiger partial charge is 0.361 e. The second-order valence-corrected chi connectivity index (χ2v) is 2.85. The summed E-state index contributed by atoms with van der Waals surface area (Å²) in [5.74, 6) is 0.276. The molecule has 0 aliphatic rings. The Morgan fingerprint density at radius 2 is 2.53 bits per heavy atom. The highest BCUT2D eigenvalue weighted by atomic mass is 16.5. The molecule has 2 aromatic rings. The predicted molar refractivity (Wildman–Crippen MR) is 46.6 cm³/mol. The summed E-state index contributed by atoms with van der Waals surface area (Å²) in [5.41, 5.74) is 0.643. The number of H-pyrrole nitrogens is 1. The molecule has 0 saturated carbocycles. The number of nitrogens with one attached hydrogen (secondary N) is 2. The van der Waals surface area contributed by atoms with Crippen molar-refractivity contribution in [3.8, 4) is 0 Å². The van der Waals surface area contributed by atoms with E-state index in [1.165, 1.54) is 0 Å². The molecule has 0 aliphatic heterocycles. The Morgan fingerprint density at radius 1 is 1.67 bits per heavy atom. The summed E-state index contributed by atoms with van der Waals surface area (Å²) in [5, 5.41) is 18.8. The molecule has 78 valence electrons. The summed E-state index contributed by atoms with van der Waals surface area (Å²) >= 11 is 0. The van der Waals surface area contributed by atoms with Gasteiger partial charge in [0.2, 0.25) is 0 Å². The summed E-state index contributed by atoms with van der Waals surface area (Å²) in [6.45, 7) is 2.04. The van der Waals surface area contributed by atoms with Crippen LogP contribution >= 0.6 is 0 Å². The molecule has 2 aromatic heterocycles. The molecule has 0 spiro atoms. The monoisotopic (exact) mass is 208 g/mol. The van der Waals surface area contributed by atoms with Crippen LogP contribution in [0.25, 0.3) is 0 Å². The van der Waals surface area contributed by atoms with Crippen molar-refractivity contribution in [3.63, 3.8) is 0 Å². The minimum Gasteiger partial charge on any atom is -0.361 e. The molecule has 2 heterocycles. The molecular formula is C7H8N6O2. The maximum absolute atomic E-state index is 11.3. The summed E-state index contributed by atoms with van der Waals surface area (Å²) in [6, 6.07) is 1.73. The highest BCUT2D eigenvalue weighted by Crippen LogP contribution is 2.00. The molecule has 8 heteroatoms. The van der Waals surface area contributed by atoms with Crippen molar-refractivity contribution in [1.29, 1.82) is 0 Å². The third kappa shape index (κ3) is 2.16. The smallest absolute Gasteiger partial charge is 0.293 e. The van der Waals surface area contributed by atoms with Crippen LogP contribution in [-0.4, -0.2) is 31.7 Å². The molecule has 0 bridgehead atoms. The van der Waals surface area contributed by atoms with Gasteiger partial charge in [-0.3, -0.25) is 4.79 Å². The Labute approximate surface area is 84.0 Å². The van der Waals surface area contributed by atoms with Gasteiger partial charge in [0.05, 0.1) is 6.54 Å². The number of aromatic nitrogens is 5. The quantitative estimate of drug-likeness (QED) is 0.698. The van der Waals surface area contributed by atoms with Gasteiger partial charge < -0.3 is 9.84 Å². The molecule has 1 amide bonds. The van der Waals surface area contributed by atoms with Gasteiger partial charge in [0, 0.05) is 6.07 Å². The van der Waals surface area contributed by atoms with Crippen LogP contribution in [0.1, 0.15) is 22.1 Å². The normalized spacial score (nSPS) is 10.2. The lowest BCUT2D eigenvalue weighted by Crippen LogP contribution is -2.24. The van der Waals surface area contributed by atoms with E-state index in [-0.39, 0.29) is 12.4 Å². The van der Waals surface area contributed by atoms with Crippen molar-refractivity contribution in [2.75, 3.05) is 0 Å². The lowest BCUT2D eigenvalue weighted by molar-refractivity contribution is 0.0939. The van der Waals surface area contributed by atoms with Crippen LogP contribution < -0.4 is 5.32 Å². The van der Waals surface area contributed by atoms with Crippen molar-refractivity contribution in [2.24, 2.45) is 0 Å². The summed E-state index contributed by atoms with van der Waals surface area (Å²) in [7, 11) is 0. The van der Waals surface area contributed by atoms with Crippen molar-refractivity contribution < 1.29 is 9.32 Å². The zero-order valence-electron chi connectivity index (χ0n) is 7.89. The fourth-order valence-electron chi connectivity index (χ4n) is 1.01. The van der Waals surface area contributed by atoms with Gasteiger partial charge in [0.15, 0.2) is 0 Å². The molecule has 0 atom stereocenters. The van der Waals surface area contributed by atoms with Gasteiger partial charge in [-0.1, -0.05) is 5.16 Å². The van der Waals surface area contributed by atoms with Gasteiger partial charge in [-0.15, -0.1) is 10.2 Å². The number of nitrogens with zero attached hydrogens (tertiary/aromatic N) is 4. The van der Waals surface area contributed by atoms with Gasteiger partial charge in [0.25, 0.3) is 11.7 Å². The fourth-order valence-corrected chi connectivity index (χ4v) is 1.01. The second kappa shape index (κ2) is 3.86. The summed E-state index contributed by atoms with van der Waals surface area (Å²) in [6.07, 6.45) is 0. The number of hydrogen-bond donors (Lipinski definition) is 2. The van der Waals surface area contributed by atoms with Crippen molar-refractivity contribution in [2.45, 2.75) is 13.5 Å². The van der Waals surface area contributed by atoms with Crippen LogP contribution in [0.3, 0.4) is 0 Å². The molecule has 0 aromatic carbocycles. The lowest BCUT2D eigenvalue weighted by atomic mass is 10.4. The predicted octanol–water partition coefficient (Wildman–Crippen LogP) is -0.574. The van der Waals surface area contributed by atoms with E-state index < -0.39 is 5.91 Å². The van der Waals surface area contributed by atoms with Gasteiger partial charge >= 0.3 is 0 Å². The number of aromatic amines is 1. The highest BCUT2D eigenvalue weighted by molar-refractivity contribution is 5.89. The molecule has 0 fully saturated rings. The maximum Gasteiger partial charge on any atom is 0.293 e. The highest BCUT2D eigenvalue weighted by Gasteiger charge is 2.10. The van der Waals surface area contributed by atoms with E-state index in [0.717, 1.165) is 0 Å². The van der Waals surface area contributed by atoms with Crippen LogP contribution in [0.5, 0.6) is 0 Å². The van der Waals surface area contributed by atoms with Crippen LogP contribution in [-0.2, 0) is 6.54 Å². The number of carbonyl (C=O) groups excluding carboxylic acids is 1. The number of carbonyl (C=O) groups is 1. The molecule has 15 heavy (non-hydrogen) atoms. The first-order valence-electron chi connectivity index (χ1n) is 4.19. The third-order valence-corrected chi connectivity index (χ3v) is 1.66. The molecule has 0 radical (unpaired) electrons. The number of hydrogen-bond acceptors (Lipinski definition) is 6. The second-order valence-electron chi connectivity index (χ2n) is 2.85. The Morgan fingerprint density at radius 3 is 3.13 bits per heavy atom. The van der Waals surface area contributed by atoms with Gasteiger partial charge in [-0.05, 0) is 12.1 Å². The van der Waals surface area contributed by atoms with E-state index in [1.807, 2.05) is 0 Å². The van der Waals surface area contributed by atoms with E-state index in [9.17, 15) is 4.79 Å². The topological polar surface area (TPSA) is 110 Å². The van der Waals surface area contributed by atoms with Crippen LogP contribution in [0, 0.1) is 6.92 Å². The van der Waals surface area contributed by atoms with Crippen molar-refractivity contribution >= 4 is 5.91 Å². The third-order valence-electron chi connectivity index (χ3n) is 1.66. The van der Waals surface area contributed by atoms with Crippen molar-refractivity contribution in [1.82, 2.24) is 31.1 Å². The van der Waals surface area contributed by atoms with Crippen LogP contribution in [0.2, 0.25) is 0 Å². The van der Waals surface area contributed by atoms with Crippen LogP contribution in [0.4, 0.5) is 0 Å². The minimum absolute atomic E-state index is 0.00443. The molecule has 0 aliphatic carbocycles. The van der Waals surface area contributed by atoms with E-state index in [2.05, 4.69) is 31.1 Å². The lowest BCUT2D eigenvalue weighted by Gasteiger charge is -1.96. The first-order chi connectivity index (χ1) is 7.25.